The summed E-state index contributed by atoms with van der Waals surface area (Å²) in [5, 5.41) is 19.3. The molecule has 1 amide bonds. The number of ether oxygens (including phenoxy) is 1. The second-order valence-electron chi connectivity index (χ2n) is 3.30. The summed E-state index contributed by atoms with van der Waals surface area (Å²) in [5.41, 5.74) is 0.100. The molecule has 18 heavy (non-hydrogen) atoms. The Hall–Kier alpha value is -2.70. The molecule has 1 heterocycles. The predicted molar refractivity (Wildman–Crippen MR) is 62.4 cm³/mol. The van der Waals surface area contributed by atoms with Gasteiger partial charge >= 0.3 is 0 Å². The van der Waals surface area contributed by atoms with Gasteiger partial charge in [0.2, 0.25) is 5.95 Å². The number of rotatable bonds is 3. The Morgan fingerprint density at radius 1 is 1.39 bits per heavy atom. The lowest BCUT2D eigenvalue weighted by atomic mass is 10.2. The van der Waals surface area contributed by atoms with E-state index < -0.39 is 5.91 Å². The molecule has 0 fully saturated rings. The van der Waals surface area contributed by atoms with Crippen molar-refractivity contribution >= 4 is 11.9 Å². The van der Waals surface area contributed by atoms with Crippen molar-refractivity contribution in [3.05, 3.63) is 36.2 Å². The Kier molecular flexibility index (Phi) is 3.33. The van der Waals surface area contributed by atoms with E-state index in [4.69, 9.17) is 4.74 Å². The molecule has 0 saturated carbocycles. The molecule has 0 unspecified atom stereocenters. The molecular weight excluding hydrogens is 236 g/mol. The number of phenols is 1. The Morgan fingerprint density at radius 3 is 2.83 bits per heavy atom. The van der Waals surface area contributed by atoms with Crippen LogP contribution in [0.4, 0.5) is 5.95 Å². The second-order valence-corrected chi connectivity index (χ2v) is 3.30. The molecule has 0 aliphatic carbocycles. The molecule has 0 bridgehead atoms. The fourth-order valence-electron chi connectivity index (χ4n) is 1.30. The van der Waals surface area contributed by atoms with Crippen molar-refractivity contribution in [1.29, 1.82) is 0 Å². The summed E-state index contributed by atoms with van der Waals surface area (Å²) in [6, 6.07) is 4.36. The summed E-state index contributed by atoms with van der Waals surface area (Å²) < 4.78 is 4.92. The fraction of sp³-hybridized carbons (Fsp3) is 0.0909. The van der Waals surface area contributed by atoms with Crippen LogP contribution in [0.25, 0.3) is 0 Å². The molecule has 7 heteroatoms. The van der Waals surface area contributed by atoms with E-state index in [-0.39, 0.29) is 17.3 Å². The van der Waals surface area contributed by atoms with Gasteiger partial charge in [-0.2, -0.15) is 5.10 Å². The van der Waals surface area contributed by atoms with E-state index >= 15 is 0 Å². The van der Waals surface area contributed by atoms with Gasteiger partial charge in [-0.1, -0.05) is 0 Å². The Balaban J connectivity index is 2.19. The number of hydrogen-bond acceptors (Lipinski definition) is 6. The molecule has 1 aromatic heterocycles. The predicted octanol–water partition coefficient (Wildman–Crippen LogP) is 0.838. The lowest BCUT2D eigenvalue weighted by molar-refractivity contribution is 0.102. The third kappa shape index (κ3) is 2.51. The van der Waals surface area contributed by atoms with Crippen LogP contribution in [0.1, 0.15) is 10.4 Å². The number of phenolic OH excluding ortho intramolecular Hbond substituents is 1. The first-order chi connectivity index (χ1) is 8.70. The number of amides is 1. The van der Waals surface area contributed by atoms with Gasteiger partial charge in [-0.05, 0) is 12.1 Å². The molecule has 0 aliphatic heterocycles. The summed E-state index contributed by atoms with van der Waals surface area (Å²) >= 11 is 0. The zero-order valence-corrected chi connectivity index (χ0v) is 9.49. The van der Waals surface area contributed by atoms with E-state index in [1.807, 2.05) is 0 Å². The van der Waals surface area contributed by atoms with Gasteiger partial charge < -0.3 is 9.84 Å². The molecule has 0 aliphatic rings. The quantitative estimate of drug-likeness (QED) is 0.832. The summed E-state index contributed by atoms with van der Waals surface area (Å²) in [6.07, 6.45) is 2.79. The number of anilines is 1. The van der Waals surface area contributed by atoms with Crippen LogP contribution in [0.3, 0.4) is 0 Å². The van der Waals surface area contributed by atoms with Crippen molar-refractivity contribution in [3.8, 4) is 11.5 Å². The summed E-state index contributed by atoms with van der Waals surface area (Å²) in [4.78, 5) is 15.6. The first-order valence-electron chi connectivity index (χ1n) is 5.03. The smallest absolute Gasteiger partial charge is 0.261 e. The van der Waals surface area contributed by atoms with Gasteiger partial charge in [0, 0.05) is 6.07 Å². The average Bonchev–Trinajstić information content (AvgIpc) is 2.39. The summed E-state index contributed by atoms with van der Waals surface area (Å²) in [6.45, 7) is 0. The van der Waals surface area contributed by atoms with Crippen molar-refractivity contribution in [2.24, 2.45) is 0 Å². The highest BCUT2D eigenvalue weighted by atomic mass is 16.5. The third-order valence-corrected chi connectivity index (χ3v) is 2.16. The highest BCUT2D eigenvalue weighted by molar-refractivity contribution is 6.05. The average molecular weight is 246 g/mol. The highest BCUT2D eigenvalue weighted by Gasteiger charge is 2.13. The molecule has 2 aromatic rings. The number of aromatic hydroxyl groups is 1. The van der Waals surface area contributed by atoms with Crippen LogP contribution in [0.5, 0.6) is 11.5 Å². The van der Waals surface area contributed by atoms with Crippen LogP contribution in [-0.2, 0) is 0 Å². The maximum Gasteiger partial charge on any atom is 0.261 e. The Morgan fingerprint density at radius 2 is 2.22 bits per heavy atom. The van der Waals surface area contributed by atoms with Crippen molar-refractivity contribution in [2.45, 2.75) is 0 Å². The number of benzene rings is 1. The summed E-state index contributed by atoms with van der Waals surface area (Å²) in [5.74, 6) is -0.182. The Labute approximate surface area is 102 Å². The van der Waals surface area contributed by atoms with E-state index in [9.17, 15) is 9.90 Å². The van der Waals surface area contributed by atoms with Crippen molar-refractivity contribution in [1.82, 2.24) is 15.2 Å². The van der Waals surface area contributed by atoms with Crippen molar-refractivity contribution in [3.63, 3.8) is 0 Å². The van der Waals surface area contributed by atoms with Crippen molar-refractivity contribution < 1.29 is 14.6 Å². The van der Waals surface area contributed by atoms with Gasteiger partial charge in [-0.3, -0.25) is 10.1 Å². The van der Waals surface area contributed by atoms with E-state index in [2.05, 4.69) is 20.5 Å². The van der Waals surface area contributed by atoms with Gasteiger partial charge in [0.15, 0.2) is 0 Å². The maximum absolute atomic E-state index is 11.8. The first-order valence-corrected chi connectivity index (χ1v) is 5.03. The zero-order chi connectivity index (χ0) is 13.0. The van der Waals surface area contributed by atoms with Gasteiger partial charge in [0.05, 0.1) is 25.1 Å². The number of hydrogen-bond donors (Lipinski definition) is 2. The van der Waals surface area contributed by atoms with Gasteiger partial charge in [0.1, 0.15) is 11.5 Å². The molecule has 2 N–H and O–H groups in total. The summed E-state index contributed by atoms with van der Waals surface area (Å²) in [7, 11) is 1.47. The Bertz CT molecular complexity index is 559. The van der Waals surface area contributed by atoms with Crippen molar-refractivity contribution in [2.75, 3.05) is 12.4 Å². The maximum atomic E-state index is 11.8. The number of nitrogens with one attached hydrogen (secondary N) is 1. The standard InChI is InChI=1S/C11H10N4O3/c1-18-7-2-3-8(9(16)6-7)10(17)14-11-12-4-5-13-15-11/h2-6,16H,1H3,(H,12,14,15,17). The number of aromatic nitrogens is 3. The van der Waals surface area contributed by atoms with Gasteiger partial charge in [0.25, 0.3) is 5.91 Å². The van der Waals surface area contributed by atoms with Crippen LogP contribution in [0, 0.1) is 0 Å². The largest absolute Gasteiger partial charge is 0.507 e. The molecule has 0 atom stereocenters. The molecule has 92 valence electrons. The topological polar surface area (TPSA) is 97.2 Å². The molecule has 0 saturated heterocycles. The monoisotopic (exact) mass is 246 g/mol. The molecule has 0 radical (unpaired) electrons. The molecule has 2 rings (SSSR count). The minimum Gasteiger partial charge on any atom is -0.507 e. The minimum absolute atomic E-state index is 0.0673. The number of carbonyl (C=O) groups is 1. The van der Waals surface area contributed by atoms with E-state index in [0.29, 0.717) is 5.75 Å². The van der Waals surface area contributed by atoms with Crippen LogP contribution in [0.15, 0.2) is 30.6 Å². The number of nitrogens with zero attached hydrogens (tertiary/aromatic N) is 3. The SMILES string of the molecule is COc1ccc(C(=O)Nc2nccnn2)c(O)c1. The normalized spacial score (nSPS) is 9.83. The van der Waals surface area contributed by atoms with Crippen LogP contribution in [-0.4, -0.2) is 33.3 Å². The first kappa shape index (κ1) is 11.8. The van der Waals surface area contributed by atoms with E-state index in [1.54, 1.807) is 6.07 Å². The lowest BCUT2D eigenvalue weighted by Crippen LogP contribution is -2.14. The van der Waals surface area contributed by atoms with E-state index in [1.165, 1.54) is 31.6 Å². The van der Waals surface area contributed by atoms with Gasteiger partial charge in [-0.25, -0.2) is 4.98 Å². The zero-order valence-electron chi connectivity index (χ0n) is 9.49. The lowest BCUT2D eigenvalue weighted by Gasteiger charge is -2.06. The number of methoxy groups -OCH3 is 1. The van der Waals surface area contributed by atoms with Crippen LogP contribution < -0.4 is 10.1 Å². The third-order valence-electron chi connectivity index (χ3n) is 2.16. The molecular formula is C11H10N4O3. The molecule has 7 nitrogen and oxygen atoms in total. The minimum atomic E-state index is -0.525. The second kappa shape index (κ2) is 5.09. The molecule has 1 aromatic carbocycles. The highest BCUT2D eigenvalue weighted by Crippen LogP contribution is 2.23. The van der Waals surface area contributed by atoms with E-state index in [0.717, 1.165) is 0 Å². The fourth-order valence-corrected chi connectivity index (χ4v) is 1.30. The number of carbonyl (C=O) groups excluding carboxylic acids is 1. The molecule has 0 spiro atoms. The van der Waals surface area contributed by atoms with Gasteiger partial charge in [-0.15, -0.1) is 5.10 Å². The van der Waals surface area contributed by atoms with Crippen LogP contribution in [0.2, 0.25) is 0 Å². The van der Waals surface area contributed by atoms with Crippen LogP contribution >= 0.6 is 0 Å².